The Morgan fingerprint density at radius 1 is 0.512 bits per heavy atom. The molecule has 16 nitrogen and oxygen atoms in total. The first-order valence-electron chi connectivity index (χ1n) is 28.5. The predicted octanol–water partition coefficient (Wildman–Crippen LogP) is 12.4. The van der Waals surface area contributed by atoms with Gasteiger partial charge >= 0.3 is 0 Å². The Kier molecular flexibility index (Phi) is 17.9. The Labute approximate surface area is 483 Å². The molecule has 2 saturated heterocycles. The van der Waals surface area contributed by atoms with Crippen LogP contribution in [0.3, 0.4) is 0 Å². The van der Waals surface area contributed by atoms with Gasteiger partial charge in [0.05, 0.1) is 36.6 Å². The van der Waals surface area contributed by atoms with Crippen LogP contribution in [0.2, 0.25) is 0 Å². The van der Waals surface area contributed by atoms with E-state index in [2.05, 4.69) is 155 Å². The number of ether oxygens (including phenoxy) is 2. The number of methoxy groups -OCH3 is 2. The van der Waals surface area contributed by atoms with Crippen molar-refractivity contribution in [2.45, 2.75) is 131 Å². The summed E-state index contributed by atoms with van der Waals surface area (Å²) in [5.41, 5.74) is 13.0. The molecule has 4 aromatic heterocycles. The van der Waals surface area contributed by atoms with Gasteiger partial charge in [0.25, 0.3) is 0 Å². The van der Waals surface area contributed by atoms with Crippen molar-refractivity contribution in [3.8, 4) is 23.9 Å². The molecular formula is C66H78N14O2. The van der Waals surface area contributed by atoms with Gasteiger partial charge in [0.1, 0.15) is 34.9 Å². The maximum Gasteiger partial charge on any atom is 0.216 e. The third kappa shape index (κ3) is 14.4. The lowest BCUT2D eigenvalue weighted by atomic mass is 9.98. The van der Waals surface area contributed by atoms with Gasteiger partial charge in [-0.2, -0.15) is 20.5 Å². The predicted molar refractivity (Wildman–Crippen MR) is 330 cm³/mol. The molecule has 10 rings (SSSR count). The van der Waals surface area contributed by atoms with Crippen LogP contribution in [-0.2, 0) is 12.8 Å². The van der Waals surface area contributed by atoms with Crippen molar-refractivity contribution in [2.75, 3.05) is 60.8 Å². The molecule has 0 saturated carbocycles. The van der Waals surface area contributed by atoms with Gasteiger partial charge in [0, 0.05) is 108 Å². The molecule has 8 aromatic rings. The number of hydrogen-bond donors (Lipinski definition) is 4. The molecular weight excluding hydrogens is 1020 g/mol. The number of nitrogens with one attached hydrogen (secondary N) is 4. The van der Waals surface area contributed by atoms with E-state index in [0.717, 1.165) is 142 Å². The molecule has 82 heavy (non-hydrogen) atoms. The van der Waals surface area contributed by atoms with Crippen LogP contribution >= 0.6 is 0 Å². The fourth-order valence-electron chi connectivity index (χ4n) is 11.3. The monoisotopic (exact) mass is 1100 g/mol. The van der Waals surface area contributed by atoms with E-state index in [0.29, 0.717) is 59.4 Å². The summed E-state index contributed by atoms with van der Waals surface area (Å²) < 4.78 is 10.6. The number of aromatic nitrogens is 6. The van der Waals surface area contributed by atoms with Crippen molar-refractivity contribution in [2.24, 2.45) is 0 Å². The van der Waals surface area contributed by atoms with E-state index < -0.39 is 0 Å². The van der Waals surface area contributed by atoms with Gasteiger partial charge in [-0.05, 0) is 154 Å². The molecule has 0 bridgehead atoms. The highest BCUT2D eigenvalue weighted by molar-refractivity contribution is 5.99. The third-order valence-electron chi connectivity index (χ3n) is 14.9. The molecule has 0 radical (unpaired) electrons. The fraction of sp³-hybridized carbons (Fsp3) is 0.394. The van der Waals surface area contributed by atoms with Crippen LogP contribution in [0.15, 0.2) is 97.1 Å². The average molecular weight is 1100 g/mol. The molecule has 16 heteroatoms. The zero-order valence-electron chi connectivity index (χ0n) is 49.8. The van der Waals surface area contributed by atoms with Gasteiger partial charge in [0.2, 0.25) is 11.8 Å². The smallest absolute Gasteiger partial charge is 0.216 e. The second kappa shape index (κ2) is 25.1. The summed E-state index contributed by atoms with van der Waals surface area (Å²) in [5.74, 6) is 3.74. The van der Waals surface area contributed by atoms with Crippen molar-refractivity contribution in [1.82, 2.24) is 40.5 Å². The molecule has 0 unspecified atom stereocenters. The first kappa shape index (κ1) is 58.2. The number of nitriles is 2. The number of fused-ring (bicyclic) bond motifs is 2. The number of benzene rings is 4. The lowest BCUT2D eigenvalue weighted by molar-refractivity contribution is 0.317. The summed E-state index contributed by atoms with van der Waals surface area (Å²) >= 11 is 0. The van der Waals surface area contributed by atoms with Crippen molar-refractivity contribution >= 4 is 56.2 Å². The van der Waals surface area contributed by atoms with E-state index >= 15 is 0 Å². The number of rotatable bonds is 14. The zero-order chi connectivity index (χ0) is 58.3. The van der Waals surface area contributed by atoms with Crippen molar-refractivity contribution < 1.29 is 9.47 Å². The maximum absolute atomic E-state index is 10.4. The Bertz CT molecular complexity index is 3430. The quantitative estimate of drug-likeness (QED) is 0.0801. The number of para-hydroxylation sites is 2. The van der Waals surface area contributed by atoms with Gasteiger partial charge in [-0.15, -0.1) is 0 Å². The van der Waals surface area contributed by atoms with Crippen LogP contribution < -0.4 is 40.5 Å². The number of pyridine rings is 2. The molecule has 4 aromatic carbocycles. The molecule has 0 aliphatic carbocycles. The second-order valence-electron chi connectivity index (χ2n) is 23.8. The minimum atomic E-state index is 0.0821. The van der Waals surface area contributed by atoms with Crippen LogP contribution in [0.25, 0.3) is 21.8 Å². The molecule has 2 fully saturated rings. The molecule has 2 aliphatic rings. The van der Waals surface area contributed by atoms with E-state index in [1.54, 1.807) is 14.2 Å². The van der Waals surface area contributed by atoms with Crippen LogP contribution in [-0.4, -0.2) is 93.5 Å². The molecule has 0 spiro atoms. The second-order valence-corrected chi connectivity index (χ2v) is 23.8. The SMILES string of the molecule is COc1cc(C)nc(Cc2ccc(Nc3nc4ccccc4c(N4CCC(NC(C)(C)C)CC4)c3C#N)cc2C)n1.COc1cc(C)nc(Cc2ccc(Nc3nc4ccccc4c(N4CCC(NC(C)(C)C)CC4)c3C#N)cc2C)n1. The van der Waals surface area contributed by atoms with Gasteiger partial charge in [-0.25, -0.2) is 19.9 Å². The van der Waals surface area contributed by atoms with E-state index in [1.165, 1.54) is 0 Å². The lowest BCUT2D eigenvalue weighted by Crippen LogP contribution is -2.49. The van der Waals surface area contributed by atoms with Gasteiger partial charge < -0.3 is 40.5 Å². The minimum Gasteiger partial charge on any atom is -0.481 e. The number of aryl methyl sites for hydroxylation is 4. The van der Waals surface area contributed by atoms with Gasteiger partial charge in [0.15, 0.2) is 11.6 Å². The Morgan fingerprint density at radius 2 is 0.890 bits per heavy atom. The molecule has 0 atom stereocenters. The maximum atomic E-state index is 10.4. The summed E-state index contributed by atoms with van der Waals surface area (Å²) in [4.78, 5) is 32.7. The Balaban J connectivity index is 0.000000198. The molecule has 2 aliphatic heterocycles. The summed E-state index contributed by atoms with van der Waals surface area (Å²) in [6, 6.07) is 38.2. The van der Waals surface area contributed by atoms with Crippen LogP contribution in [0.4, 0.5) is 34.4 Å². The molecule has 6 heterocycles. The number of nitrogens with zero attached hydrogens (tertiary/aromatic N) is 10. The first-order valence-corrected chi connectivity index (χ1v) is 28.5. The average Bonchev–Trinajstić information content (AvgIpc) is 3.60. The largest absolute Gasteiger partial charge is 0.481 e. The summed E-state index contributed by atoms with van der Waals surface area (Å²) in [6.07, 6.45) is 5.31. The first-order chi connectivity index (χ1) is 39.3. The minimum absolute atomic E-state index is 0.0821. The van der Waals surface area contributed by atoms with E-state index in [9.17, 15) is 10.5 Å². The highest BCUT2D eigenvalue weighted by atomic mass is 16.5. The van der Waals surface area contributed by atoms with Crippen LogP contribution in [0, 0.1) is 50.4 Å². The highest BCUT2D eigenvalue weighted by Crippen LogP contribution is 2.39. The highest BCUT2D eigenvalue weighted by Gasteiger charge is 2.29. The van der Waals surface area contributed by atoms with E-state index in [-0.39, 0.29) is 11.1 Å². The fourth-order valence-corrected chi connectivity index (χ4v) is 11.3. The van der Waals surface area contributed by atoms with E-state index in [4.69, 9.17) is 19.4 Å². The molecule has 4 N–H and O–H groups in total. The summed E-state index contributed by atoms with van der Waals surface area (Å²) in [5, 5.41) is 37.3. The standard InChI is InChI=1S/2C33H39N7O/c2*1-21-17-25(12-11-23(21)19-29-35-22(2)18-30(38-29)41-6)36-32-27(20-34)31(26-9-7-8-10-28(26)37-32)40-15-13-24(14-16-40)39-33(3,4)5/h2*7-12,17-18,24,39H,13-16,19H2,1-6H3,(H,36,37). The van der Waals surface area contributed by atoms with Gasteiger partial charge in [-0.3, -0.25) is 0 Å². The molecule has 424 valence electrons. The van der Waals surface area contributed by atoms with Crippen molar-refractivity contribution in [3.63, 3.8) is 0 Å². The number of hydrogen-bond acceptors (Lipinski definition) is 16. The Morgan fingerprint density at radius 3 is 1.23 bits per heavy atom. The van der Waals surface area contributed by atoms with E-state index in [1.807, 2.05) is 74.5 Å². The Hall–Kier alpha value is -8.44. The van der Waals surface area contributed by atoms with Crippen molar-refractivity contribution in [3.05, 3.63) is 153 Å². The third-order valence-corrected chi connectivity index (χ3v) is 14.9. The van der Waals surface area contributed by atoms with Gasteiger partial charge in [-0.1, -0.05) is 48.5 Å². The number of piperidine rings is 2. The van der Waals surface area contributed by atoms with Crippen LogP contribution in [0.1, 0.15) is 124 Å². The normalized spacial score (nSPS) is 14.2. The summed E-state index contributed by atoms with van der Waals surface area (Å²) in [6.45, 7) is 24.8. The lowest BCUT2D eigenvalue weighted by Gasteiger charge is -2.38. The summed E-state index contributed by atoms with van der Waals surface area (Å²) in [7, 11) is 3.23. The topological polar surface area (TPSA) is 198 Å². The number of anilines is 6. The van der Waals surface area contributed by atoms with Crippen LogP contribution in [0.5, 0.6) is 11.8 Å². The zero-order valence-corrected chi connectivity index (χ0v) is 49.8. The van der Waals surface area contributed by atoms with Crippen molar-refractivity contribution in [1.29, 1.82) is 10.5 Å². The molecule has 0 amide bonds.